The molecule has 1 aliphatic heterocycles. The van der Waals surface area contributed by atoms with Crippen molar-refractivity contribution in [3.63, 3.8) is 0 Å². The summed E-state index contributed by atoms with van der Waals surface area (Å²) in [5.74, 6) is 0.530. The van der Waals surface area contributed by atoms with E-state index in [0.29, 0.717) is 24.4 Å². The second kappa shape index (κ2) is 6.58. The number of hydrogen-bond donors (Lipinski definition) is 1. The van der Waals surface area contributed by atoms with Gasteiger partial charge in [0.25, 0.3) is 6.43 Å². The van der Waals surface area contributed by atoms with E-state index in [1.54, 1.807) is 6.07 Å². The van der Waals surface area contributed by atoms with Gasteiger partial charge in [0.15, 0.2) is 0 Å². The Kier molecular flexibility index (Phi) is 4.55. The summed E-state index contributed by atoms with van der Waals surface area (Å²) in [4.78, 5) is 1.85. The predicted molar refractivity (Wildman–Crippen MR) is 83.7 cm³/mol. The Labute approximate surface area is 128 Å². The van der Waals surface area contributed by atoms with Crippen molar-refractivity contribution in [1.29, 1.82) is 0 Å². The molecule has 0 aromatic heterocycles. The zero-order valence-corrected chi connectivity index (χ0v) is 12.6. The van der Waals surface area contributed by atoms with Crippen LogP contribution in [0.4, 0.5) is 8.78 Å². The van der Waals surface area contributed by atoms with Crippen LogP contribution in [0, 0.1) is 0 Å². The van der Waals surface area contributed by atoms with E-state index < -0.39 is 12.5 Å². The molecule has 0 bridgehead atoms. The van der Waals surface area contributed by atoms with Gasteiger partial charge in [-0.05, 0) is 16.8 Å². The van der Waals surface area contributed by atoms with Gasteiger partial charge in [-0.1, -0.05) is 30.3 Å². The minimum absolute atomic E-state index is 0.530. The summed E-state index contributed by atoms with van der Waals surface area (Å²) in [6, 6.07) is 10.4. The normalized spacial score (nSPS) is 17.8. The van der Waals surface area contributed by atoms with Crippen LogP contribution < -0.4 is 10.1 Å². The minimum Gasteiger partial charge on any atom is -0.496 e. The first-order valence-electron chi connectivity index (χ1n) is 7.51. The highest BCUT2D eigenvalue weighted by atomic mass is 19.3. The topological polar surface area (TPSA) is 24.5 Å². The number of halogens is 2. The van der Waals surface area contributed by atoms with Crippen LogP contribution in [0.15, 0.2) is 36.4 Å². The molecule has 1 fully saturated rings. The summed E-state index contributed by atoms with van der Waals surface area (Å²) in [6.07, 6.45) is -2.46. The summed E-state index contributed by atoms with van der Waals surface area (Å²) < 4.78 is 33.2. The second-order valence-electron chi connectivity index (χ2n) is 5.47. The third-order valence-electron chi connectivity index (χ3n) is 4.23. The molecule has 0 radical (unpaired) electrons. The number of hydrogen-bond acceptors (Lipinski definition) is 3. The molecule has 0 amide bonds. The van der Waals surface area contributed by atoms with Crippen molar-refractivity contribution in [3.8, 4) is 5.75 Å². The van der Waals surface area contributed by atoms with Crippen molar-refractivity contribution in [3.05, 3.63) is 42.0 Å². The zero-order valence-electron chi connectivity index (χ0n) is 12.6. The number of nitrogens with one attached hydrogen (secondary N) is 1. The van der Waals surface area contributed by atoms with Gasteiger partial charge in [0, 0.05) is 31.7 Å². The fourth-order valence-electron chi connectivity index (χ4n) is 3.19. The Balaban J connectivity index is 2.15. The molecule has 0 saturated carbocycles. The minimum atomic E-state index is -2.46. The monoisotopic (exact) mass is 306 g/mol. The van der Waals surface area contributed by atoms with Gasteiger partial charge in [0.05, 0.1) is 7.11 Å². The van der Waals surface area contributed by atoms with Gasteiger partial charge >= 0.3 is 0 Å². The van der Waals surface area contributed by atoms with Gasteiger partial charge in [0.2, 0.25) is 0 Å². The highest BCUT2D eigenvalue weighted by Crippen LogP contribution is 2.39. The van der Waals surface area contributed by atoms with Crippen LogP contribution in [0.5, 0.6) is 5.75 Å². The summed E-state index contributed by atoms with van der Waals surface area (Å²) in [7, 11) is 1.54. The van der Waals surface area contributed by atoms with Crippen molar-refractivity contribution in [2.75, 3.05) is 33.3 Å². The van der Waals surface area contributed by atoms with E-state index in [4.69, 9.17) is 4.74 Å². The first-order chi connectivity index (χ1) is 10.7. The van der Waals surface area contributed by atoms with Crippen LogP contribution in [0.2, 0.25) is 0 Å². The molecule has 1 N–H and O–H groups in total. The molecular formula is C17H20F2N2O. The molecule has 1 heterocycles. The number of piperazine rings is 1. The first kappa shape index (κ1) is 15.2. The van der Waals surface area contributed by atoms with Gasteiger partial charge < -0.3 is 10.1 Å². The fourth-order valence-corrected chi connectivity index (χ4v) is 3.19. The molecule has 3 rings (SSSR count). The molecule has 3 nitrogen and oxygen atoms in total. The summed E-state index contributed by atoms with van der Waals surface area (Å²) in [6.45, 7) is 2.69. The van der Waals surface area contributed by atoms with Crippen LogP contribution in [0.3, 0.4) is 0 Å². The third-order valence-corrected chi connectivity index (χ3v) is 4.23. The molecule has 1 saturated heterocycles. The highest BCUT2D eigenvalue weighted by Gasteiger charge is 2.33. The molecule has 1 atom stereocenters. The molecule has 0 aliphatic carbocycles. The van der Waals surface area contributed by atoms with E-state index in [9.17, 15) is 8.78 Å². The van der Waals surface area contributed by atoms with Crippen molar-refractivity contribution in [2.24, 2.45) is 0 Å². The van der Waals surface area contributed by atoms with Gasteiger partial charge in [-0.15, -0.1) is 0 Å². The number of ether oxygens (including phenoxy) is 1. The Morgan fingerprint density at radius 1 is 1.09 bits per heavy atom. The Morgan fingerprint density at radius 3 is 2.50 bits per heavy atom. The number of methoxy groups -OCH3 is 1. The van der Waals surface area contributed by atoms with Crippen LogP contribution in [-0.2, 0) is 0 Å². The molecule has 0 spiro atoms. The van der Waals surface area contributed by atoms with Crippen LogP contribution in [0.25, 0.3) is 10.8 Å². The maximum absolute atomic E-state index is 13.9. The molecule has 2 aromatic carbocycles. The number of fused-ring (bicyclic) bond motifs is 1. The van der Waals surface area contributed by atoms with E-state index >= 15 is 0 Å². The van der Waals surface area contributed by atoms with E-state index in [2.05, 4.69) is 5.32 Å². The molecular weight excluding hydrogens is 286 g/mol. The van der Waals surface area contributed by atoms with E-state index in [-0.39, 0.29) is 0 Å². The largest absolute Gasteiger partial charge is 0.496 e. The Morgan fingerprint density at radius 2 is 1.82 bits per heavy atom. The van der Waals surface area contributed by atoms with Gasteiger partial charge in [-0.3, -0.25) is 4.90 Å². The maximum atomic E-state index is 13.9. The van der Waals surface area contributed by atoms with Crippen LogP contribution >= 0.6 is 0 Å². The molecule has 22 heavy (non-hydrogen) atoms. The van der Waals surface area contributed by atoms with Crippen LogP contribution in [0.1, 0.15) is 11.6 Å². The summed E-state index contributed by atoms with van der Waals surface area (Å²) in [5, 5.41) is 5.00. The lowest BCUT2D eigenvalue weighted by molar-refractivity contribution is 0.0178. The zero-order chi connectivity index (χ0) is 15.5. The van der Waals surface area contributed by atoms with Crippen LogP contribution in [-0.4, -0.2) is 44.6 Å². The standard InChI is InChI=1S/C17H20F2N2O/c1-22-14-7-6-12-4-2-3-5-13(12)15(14)16(17(18)19)21-10-8-20-9-11-21/h2-7,16-17,20H,8-11H2,1H3/t16-/m0/s1. The SMILES string of the molecule is COc1ccc2ccccc2c1[C@@H](C(F)F)N1CCNCC1. The lowest BCUT2D eigenvalue weighted by Gasteiger charge is -2.35. The maximum Gasteiger partial charge on any atom is 0.258 e. The molecule has 5 heteroatoms. The smallest absolute Gasteiger partial charge is 0.258 e. The van der Waals surface area contributed by atoms with Crippen molar-refractivity contribution >= 4 is 10.8 Å². The fraction of sp³-hybridized carbons (Fsp3) is 0.412. The molecule has 118 valence electrons. The Bertz CT molecular complexity index is 642. The van der Waals surface area contributed by atoms with Crippen molar-refractivity contribution < 1.29 is 13.5 Å². The third kappa shape index (κ3) is 2.78. The first-order valence-corrected chi connectivity index (χ1v) is 7.51. The van der Waals surface area contributed by atoms with Gasteiger partial charge in [-0.2, -0.15) is 0 Å². The van der Waals surface area contributed by atoms with Gasteiger partial charge in [-0.25, -0.2) is 8.78 Å². The number of nitrogens with zero attached hydrogens (tertiary/aromatic N) is 1. The van der Waals surface area contributed by atoms with E-state index in [1.165, 1.54) is 7.11 Å². The van der Waals surface area contributed by atoms with E-state index in [1.807, 2.05) is 35.2 Å². The average Bonchev–Trinajstić information content (AvgIpc) is 2.56. The second-order valence-corrected chi connectivity index (χ2v) is 5.47. The summed E-state index contributed by atoms with van der Waals surface area (Å²) in [5.41, 5.74) is 0.595. The van der Waals surface area contributed by atoms with E-state index in [0.717, 1.165) is 23.9 Å². The molecule has 0 unspecified atom stereocenters. The predicted octanol–water partition coefficient (Wildman–Crippen LogP) is 3.06. The lowest BCUT2D eigenvalue weighted by atomic mass is 9.96. The number of benzene rings is 2. The lowest BCUT2D eigenvalue weighted by Crippen LogP contribution is -2.47. The van der Waals surface area contributed by atoms with Crippen molar-refractivity contribution in [2.45, 2.75) is 12.5 Å². The average molecular weight is 306 g/mol. The number of rotatable bonds is 4. The quantitative estimate of drug-likeness (QED) is 0.939. The Hall–Kier alpha value is -1.72. The number of alkyl halides is 2. The molecule has 2 aromatic rings. The highest BCUT2D eigenvalue weighted by molar-refractivity contribution is 5.88. The molecule has 1 aliphatic rings. The van der Waals surface area contributed by atoms with Crippen molar-refractivity contribution in [1.82, 2.24) is 10.2 Å². The van der Waals surface area contributed by atoms with Gasteiger partial charge in [0.1, 0.15) is 11.8 Å². The summed E-state index contributed by atoms with van der Waals surface area (Å²) >= 11 is 0.